The number of hydrogen-bond acceptors (Lipinski definition) is 4. The predicted octanol–water partition coefficient (Wildman–Crippen LogP) is 1.43. The van der Waals surface area contributed by atoms with E-state index in [0.717, 1.165) is 10.9 Å². The molecule has 0 aliphatic carbocycles. The standard InChI is InChI=1S/C14H12N6O/c1-19-8-9(7-15)13(18-19)16-14(21)12-10-5-3-4-6-11(10)20(2)17-12/h3-6,8H,1-2H3,(H,16,18,21). The zero-order valence-corrected chi connectivity index (χ0v) is 11.5. The SMILES string of the molecule is Cn1cc(C#N)c(NC(=O)c2nn(C)c3ccccc23)n1. The largest absolute Gasteiger partial charge is 0.303 e. The highest BCUT2D eigenvalue weighted by molar-refractivity contribution is 6.11. The van der Waals surface area contributed by atoms with Gasteiger partial charge in [-0.2, -0.15) is 15.5 Å². The highest BCUT2D eigenvalue weighted by Gasteiger charge is 2.18. The highest BCUT2D eigenvalue weighted by Crippen LogP contribution is 2.19. The number of amides is 1. The average molecular weight is 280 g/mol. The summed E-state index contributed by atoms with van der Waals surface area (Å²) in [5, 5.41) is 20.7. The first-order valence-corrected chi connectivity index (χ1v) is 6.27. The van der Waals surface area contributed by atoms with Crippen molar-refractivity contribution in [1.29, 1.82) is 5.26 Å². The van der Waals surface area contributed by atoms with E-state index in [1.165, 1.54) is 4.68 Å². The van der Waals surface area contributed by atoms with Gasteiger partial charge in [0, 0.05) is 25.7 Å². The summed E-state index contributed by atoms with van der Waals surface area (Å²) in [5.41, 5.74) is 1.48. The number of nitrogens with zero attached hydrogens (tertiary/aromatic N) is 5. The summed E-state index contributed by atoms with van der Waals surface area (Å²) in [6.07, 6.45) is 1.55. The molecular weight excluding hydrogens is 268 g/mol. The van der Waals surface area contributed by atoms with Gasteiger partial charge in [-0.05, 0) is 6.07 Å². The molecule has 21 heavy (non-hydrogen) atoms. The van der Waals surface area contributed by atoms with E-state index in [1.54, 1.807) is 25.0 Å². The van der Waals surface area contributed by atoms with Crippen molar-refractivity contribution in [2.45, 2.75) is 0 Å². The van der Waals surface area contributed by atoms with Crippen LogP contribution in [0.15, 0.2) is 30.5 Å². The Morgan fingerprint density at radius 1 is 1.29 bits per heavy atom. The number of nitriles is 1. The number of aromatic nitrogens is 4. The first-order chi connectivity index (χ1) is 10.1. The maximum Gasteiger partial charge on any atom is 0.278 e. The van der Waals surface area contributed by atoms with Gasteiger partial charge in [0.1, 0.15) is 11.6 Å². The van der Waals surface area contributed by atoms with E-state index in [2.05, 4.69) is 15.5 Å². The number of hydrogen-bond donors (Lipinski definition) is 1. The molecule has 3 aromatic rings. The van der Waals surface area contributed by atoms with Crippen molar-refractivity contribution in [2.24, 2.45) is 14.1 Å². The van der Waals surface area contributed by atoms with Gasteiger partial charge in [0.15, 0.2) is 11.5 Å². The Balaban J connectivity index is 2.00. The molecule has 7 heteroatoms. The van der Waals surface area contributed by atoms with E-state index in [4.69, 9.17) is 5.26 Å². The molecule has 0 radical (unpaired) electrons. The molecule has 104 valence electrons. The molecule has 1 aromatic carbocycles. The van der Waals surface area contributed by atoms with Gasteiger partial charge < -0.3 is 5.32 Å². The first kappa shape index (κ1) is 12.9. The Morgan fingerprint density at radius 3 is 2.81 bits per heavy atom. The number of anilines is 1. The maximum atomic E-state index is 12.4. The normalized spacial score (nSPS) is 10.5. The molecule has 1 N–H and O–H groups in total. The quantitative estimate of drug-likeness (QED) is 0.769. The number of rotatable bonds is 2. The van der Waals surface area contributed by atoms with Crippen LogP contribution in [0.2, 0.25) is 0 Å². The van der Waals surface area contributed by atoms with E-state index < -0.39 is 0 Å². The Morgan fingerprint density at radius 2 is 2.05 bits per heavy atom. The van der Waals surface area contributed by atoms with Crippen molar-refractivity contribution in [1.82, 2.24) is 19.6 Å². The van der Waals surface area contributed by atoms with E-state index in [-0.39, 0.29) is 11.7 Å². The molecule has 0 spiro atoms. The number of fused-ring (bicyclic) bond motifs is 1. The molecule has 0 saturated heterocycles. The Hall–Kier alpha value is -3.14. The van der Waals surface area contributed by atoms with Gasteiger partial charge in [-0.3, -0.25) is 14.2 Å². The second-order valence-corrected chi connectivity index (χ2v) is 4.62. The molecule has 0 atom stereocenters. The lowest BCUT2D eigenvalue weighted by Gasteiger charge is -1.99. The van der Waals surface area contributed by atoms with Gasteiger partial charge in [0.2, 0.25) is 0 Å². The fourth-order valence-corrected chi connectivity index (χ4v) is 2.21. The van der Waals surface area contributed by atoms with Gasteiger partial charge in [0.25, 0.3) is 5.91 Å². The van der Waals surface area contributed by atoms with Crippen molar-refractivity contribution in [3.8, 4) is 6.07 Å². The fourth-order valence-electron chi connectivity index (χ4n) is 2.21. The van der Waals surface area contributed by atoms with Crippen LogP contribution in [0.4, 0.5) is 5.82 Å². The van der Waals surface area contributed by atoms with Crippen molar-refractivity contribution in [3.63, 3.8) is 0 Å². The van der Waals surface area contributed by atoms with Crippen LogP contribution < -0.4 is 5.32 Å². The van der Waals surface area contributed by atoms with Crippen LogP contribution in [0.3, 0.4) is 0 Å². The molecule has 1 amide bonds. The first-order valence-electron chi connectivity index (χ1n) is 6.27. The van der Waals surface area contributed by atoms with E-state index in [9.17, 15) is 4.79 Å². The van der Waals surface area contributed by atoms with Gasteiger partial charge in [-0.1, -0.05) is 18.2 Å². The van der Waals surface area contributed by atoms with E-state index in [0.29, 0.717) is 11.3 Å². The number of benzene rings is 1. The Labute approximate surface area is 120 Å². The molecule has 0 aliphatic heterocycles. The van der Waals surface area contributed by atoms with Gasteiger partial charge in [-0.15, -0.1) is 0 Å². The summed E-state index contributed by atoms with van der Waals surface area (Å²) in [6, 6.07) is 9.45. The number of para-hydroxylation sites is 1. The lowest BCUT2D eigenvalue weighted by atomic mass is 10.2. The Kier molecular flexibility index (Phi) is 2.92. The average Bonchev–Trinajstić information content (AvgIpc) is 3.00. The summed E-state index contributed by atoms with van der Waals surface area (Å²) in [4.78, 5) is 12.4. The summed E-state index contributed by atoms with van der Waals surface area (Å²) >= 11 is 0. The van der Waals surface area contributed by atoms with Crippen molar-refractivity contribution < 1.29 is 4.79 Å². The molecule has 2 heterocycles. The van der Waals surface area contributed by atoms with Crippen LogP contribution in [0.25, 0.3) is 10.9 Å². The predicted molar refractivity (Wildman–Crippen MR) is 76.6 cm³/mol. The zero-order valence-electron chi connectivity index (χ0n) is 11.5. The summed E-state index contributed by atoms with van der Waals surface area (Å²) in [7, 11) is 3.47. The monoisotopic (exact) mass is 280 g/mol. The van der Waals surface area contributed by atoms with Crippen LogP contribution in [0.1, 0.15) is 16.1 Å². The second-order valence-electron chi connectivity index (χ2n) is 4.62. The van der Waals surface area contributed by atoms with E-state index in [1.807, 2.05) is 30.3 Å². The lowest BCUT2D eigenvalue weighted by molar-refractivity contribution is 0.102. The van der Waals surface area contributed by atoms with Crippen LogP contribution in [0, 0.1) is 11.3 Å². The number of carbonyl (C=O) groups is 1. The second kappa shape index (κ2) is 4.76. The van der Waals surface area contributed by atoms with Gasteiger partial charge in [-0.25, -0.2) is 0 Å². The van der Waals surface area contributed by atoms with Crippen molar-refractivity contribution in [2.75, 3.05) is 5.32 Å². The highest BCUT2D eigenvalue weighted by atomic mass is 16.2. The number of aryl methyl sites for hydroxylation is 2. The smallest absolute Gasteiger partial charge is 0.278 e. The van der Waals surface area contributed by atoms with Crippen molar-refractivity contribution in [3.05, 3.63) is 41.7 Å². The molecule has 0 aliphatic rings. The summed E-state index contributed by atoms with van der Waals surface area (Å²) in [5.74, 6) is -0.151. The minimum atomic E-state index is -0.387. The minimum Gasteiger partial charge on any atom is -0.303 e. The molecule has 2 aromatic heterocycles. The number of carbonyl (C=O) groups excluding carboxylic acids is 1. The van der Waals surface area contributed by atoms with Crippen LogP contribution in [-0.4, -0.2) is 25.5 Å². The summed E-state index contributed by atoms with van der Waals surface area (Å²) in [6.45, 7) is 0. The third-order valence-electron chi connectivity index (χ3n) is 3.15. The summed E-state index contributed by atoms with van der Waals surface area (Å²) < 4.78 is 3.12. The lowest BCUT2D eigenvalue weighted by Crippen LogP contribution is -2.14. The third kappa shape index (κ3) is 2.12. The Bertz CT molecular complexity index is 883. The minimum absolute atomic E-state index is 0.236. The van der Waals surface area contributed by atoms with Gasteiger partial charge >= 0.3 is 0 Å². The molecule has 0 fully saturated rings. The maximum absolute atomic E-state index is 12.4. The molecule has 0 bridgehead atoms. The fraction of sp³-hybridized carbons (Fsp3) is 0.143. The van der Waals surface area contributed by atoms with Crippen LogP contribution in [0.5, 0.6) is 0 Å². The molecule has 0 unspecified atom stereocenters. The third-order valence-corrected chi connectivity index (χ3v) is 3.15. The number of nitrogens with one attached hydrogen (secondary N) is 1. The molecule has 0 saturated carbocycles. The van der Waals surface area contributed by atoms with Crippen LogP contribution in [-0.2, 0) is 14.1 Å². The molecule has 3 rings (SSSR count). The van der Waals surface area contributed by atoms with Crippen molar-refractivity contribution >= 4 is 22.6 Å². The molecule has 7 nitrogen and oxygen atoms in total. The van der Waals surface area contributed by atoms with Gasteiger partial charge in [0.05, 0.1) is 5.52 Å². The molecular formula is C14H12N6O. The topological polar surface area (TPSA) is 88.5 Å². The van der Waals surface area contributed by atoms with Crippen LogP contribution >= 0.6 is 0 Å². The zero-order chi connectivity index (χ0) is 15.0. The van der Waals surface area contributed by atoms with E-state index >= 15 is 0 Å².